The van der Waals surface area contributed by atoms with Crippen LogP contribution in [0.4, 0.5) is 20.2 Å². The maximum Gasteiger partial charge on any atom is 0.238 e. The highest BCUT2D eigenvalue weighted by atomic mass is 79.9. The zero-order valence-corrected chi connectivity index (χ0v) is 16.6. The Balaban J connectivity index is 1.77. The lowest BCUT2D eigenvalue weighted by atomic mass is 10.2. The van der Waals surface area contributed by atoms with E-state index in [2.05, 4.69) is 26.6 Å². The van der Waals surface area contributed by atoms with Crippen LogP contribution in [-0.2, 0) is 9.59 Å². The molecule has 0 fully saturated rings. The van der Waals surface area contributed by atoms with E-state index in [9.17, 15) is 18.4 Å². The van der Waals surface area contributed by atoms with Crippen molar-refractivity contribution in [2.24, 2.45) is 0 Å². The van der Waals surface area contributed by atoms with Gasteiger partial charge in [-0.1, -0.05) is 15.9 Å². The minimum Gasteiger partial charge on any atom is -0.326 e. The molecule has 0 radical (unpaired) electrons. The van der Waals surface area contributed by atoms with Gasteiger partial charge in [-0.15, -0.1) is 0 Å². The number of carbonyl (C=O) groups is 2. The molecule has 5 nitrogen and oxygen atoms in total. The van der Waals surface area contributed by atoms with Gasteiger partial charge < -0.3 is 10.6 Å². The Morgan fingerprint density at radius 2 is 1.78 bits per heavy atom. The van der Waals surface area contributed by atoms with Crippen LogP contribution >= 0.6 is 15.9 Å². The fourth-order valence-corrected chi connectivity index (χ4v) is 2.85. The number of aryl methyl sites for hydroxylation is 1. The number of benzene rings is 2. The molecule has 2 N–H and O–H groups in total. The number of nitrogens with one attached hydrogen (secondary N) is 2. The lowest BCUT2D eigenvalue weighted by molar-refractivity contribution is -0.119. The first-order valence-electron chi connectivity index (χ1n) is 8.24. The maximum absolute atomic E-state index is 13.1. The third-order valence-corrected chi connectivity index (χ3v) is 4.29. The molecule has 2 aromatic rings. The molecule has 2 rings (SSSR count). The maximum atomic E-state index is 13.1. The molecule has 8 heteroatoms. The van der Waals surface area contributed by atoms with Crippen molar-refractivity contribution in [1.29, 1.82) is 0 Å². The molecule has 0 saturated carbocycles. The molecule has 0 bridgehead atoms. The lowest BCUT2D eigenvalue weighted by Gasteiger charge is -2.17. The number of hydrogen-bond donors (Lipinski definition) is 2. The molecule has 0 spiro atoms. The van der Waals surface area contributed by atoms with Gasteiger partial charge in [0.15, 0.2) is 11.6 Å². The Morgan fingerprint density at radius 3 is 2.44 bits per heavy atom. The van der Waals surface area contributed by atoms with Gasteiger partial charge in [0.05, 0.1) is 6.54 Å². The molecule has 144 valence electrons. The molecule has 2 aromatic carbocycles. The molecule has 0 aromatic heterocycles. The summed E-state index contributed by atoms with van der Waals surface area (Å²) in [6.07, 6.45) is 0.111. The zero-order chi connectivity index (χ0) is 20.0. The standard InChI is InChI=1S/C19H20BrF2N3O2/c1-12-9-13(20)3-6-17(12)24-19(27)11-25(2)8-7-18(26)23-14-4-5-15(21)16(22)10-14/h3-6,9-10H,7-8,11H2,1-2H3,(H,23,26)(H,24,27). The smallest absolute Gasteiger partial charge is 0.238 e. The zero-order valence-electron chi connectivity index (χ0n) is 15.0. The number of rotatable bonds is 7. The fraction of sp³-hybridized carbons (Fsp3) is 0.263. The number of anilines is 2. The van der Waals surface area contributed by atoms with Crippen LogP contribution in [0, 0.1) is 18.6 Å². The molecule has 2 amide bonds. The first-order chi connectivity index (χ1) is 12.7. The van der Waals surface area contributed by atoms with Gasteiger partial charge in [0, 0.05) is 34.9 Å². The highest BCUT2D eigenvalue weighted by Gasteiger charge is 2.11. The van der Waals surface area contributed by atoms with Crippen molar-refractivity contribution < 1.29 is 18.4 Å². The van der Waals surface area contributed by atoms with Crippen molar-refractivity contribution in [2.75, 3.05) is 30.8 Å². The number of likely N-dealkylation sites (N-methyl/N-ethyl adjacent to an activating group) is 1. The normalized spacial score (nSPS) is 10.7. The van der Waals surface area contributed by atoms with Crippen LogP contribution < -0.4 is 10.6 Å². The number of amides is 2. The third kappa shape index (κ3) is 6.73. The predicted octanol–water partition coefficient (Wildman–Crippen LogP) is 3.93. The molecule has 0 saturated heterocycles. The summed E-state index contributed by atoms with van der Waals surface area (Å²) in [5, 5.41) is 5.32. The molecular weight excluding hydrogens is 420 g/mol. The van der Waals surface area contributed by atoms with Crippen LogP contribution in [0.25, 0.3) is 0 Å². The topological polar surface area (TPSA) is 61.4 Å². The Labute approximate surface area is 164 Å². The van der Waals surface area contributed by atoms with Crippen LogP contribution in [0.3, 0.4) is 0 Å². The van der Waals surface area contributed by atoms with Crippen molar-refractivity contribution in [1.82, 2.24) is 4.90 Å². The Kier molecular flexibility index (Phi) is 7.44. The fourth-order valence-electron chi connectivity index (χ4n) is 2.37. The monoisotopic (exact) mass is 439 g/mol. The van der Waals surface area contributed by atoms with E-state index in [1.54, 1.807) is 11.9 Å². The Morgan fingerprint density at radius 1 is 1.04 bits per heavy atom. The van der Waals surface area contributed by atoms with Gasteiger partial charge in [-0.3, -0.25) is 14.5 Å². The van der Waals surface area contributed by atoms with Crippen molar-refractivity contribution in [3.8, 4) is 0 Å². The van der Waals surface area contributed by atoms with Crippen LogP contribution in [0.2, 0.25) is 0 Å². The average Bonchev–Trinajstić information content (AvgIpc) is 2.59. The summed E-state index contributed by atoms with van der Waals surface area (Å²) in [6.45, 7) is 2.35. The number of halogens is 3. The van der Waals surface area contributed by atoms with Crippen LogP contribution in [0.5, 0.6) is 0 Å². The largest absolute Gasteiger partial charge is 0.326 e. The van der Waals surface area contributed by atoms with E-state index in [0.29, 0.717) is 6.54 Å². The van der Waals surface area contributed by atoms with Crippen molar-refractivity contribution in [3.63, 3.8) is 0 Å². The van der Waals surface area contributed by atoms with E-state index in [0.717, 1.165) is 27.9 Å². The SMILES string of the molecule is Cc1cc(Br)ccc1NC(=O)CN(C)CCC(=O)Nc1ccc(F)c(F)c1. The van der Waals surface area contributed by atoms with Gasteiger partial charge in [0.1, 0.15) is 0 Å². The van der Waals surface area contributed by atoms with E-state index >= 15 is 0 Å². The van der Waals surface area contributed by atoms with Gasteiger partial charge in [0.25, 0.3) is 0 Å². The molecule has 0 atom stereocenters. The summed E-state index contributed by atoms with van der Waals surface area (Å²) in [6, 6.07) is 8.72. The summed E-state index contributed by atoms with van der Waals surface area (Å²) >= 11 is 3.37. The van der Waals surface area contributed by atoms with Gasteiger partial charge >= 0.3 is 0 Å². The van der Waals surface area contributed by atoms with E-state index in [1.807, 2.05) is 25.1 Å². The molecule has 0 aliphatic heterocycles. The van der Waals surface area contributed by atoms with Crippen LogP contribution in [0.1, 0.15) is 12.0 Å². The minimum absolute atomic E-state index is 0.111. The summed E-state index contributed by atoms with van der Waals surface area (Å²) < 4.78 is 26.9. The summed E-state index contributed by atoms with van der Waals surface area (Å²) in [5.74, 6) is -2.54. The predicted molar refractivity (Wildman–Crippen MR) is 105 cm³/mol. The second-order valence-electron chi connectivity index (χ2n) is 6.17. The van der Waals surface area contributed by atoms with Gasteiger partial charge in [0.2, 0.25) is 11.8 Å². The number of nitrogens with zero attached hydrogens (tertiary/aromatic N) is 1. The van der Waals surface area contributed by atoms with Crippen molar-refractivity contribution in [3.05, 3.63) is 58.1 Å². The van der Waals surface area contributed by atoms with Crippen molar-refractivity contribution in [2.45, 2.75) is 13.3 Å². The highest BCUT2D eigenvalue weighted by molar-refractivity contribution is 9.10. The van der Waals surface area contributed by atoms with Gasteiger partial charge in [-0.25, -0.2) is 8.78 Å². The van der Waals surface area contributed by atoms with Gasteiger partial charge in [-0.2, -0.15) is 0 Å². The number of carbonyl (C=O) groups excluding carboxylic acids is 2. The number of hydrogen-bond acceptors (Lipinski definition) is 3. The second kappa shape index (κ2) is 9.57. The highest BCUT2D eigenvalue weighted by Crippen LogP contribution is 2.20. The second-order valence-corrected chi connectivity index (χ2v) is 7.09. The lowest BCUT2D eigenvalue weighted by Crippen LogP contribution is -2.32. The molecule has 0 aliphatic carbocycles. The van der Waals surface area contributed by atoms with E-state index in [1.165, 1.54) is 6.07 Å². The first-order valence-corrected chi connectivity index (χ1v) is 9.03. The molecular formula is C19H20BrF2N3O2. The summed E-state index contributed by atoms with van der Waals surface area (Å²) in [7, 11) is 1.72. The van der Waals surface area contributed by atoms with Crippen LogP contribution in [-0.4, -0.2) is 36.9 Å². The van der Waals surface area contributed by atoms with E-state index in [-0.39, 0.29) is 30.5 Å². The van der Waals surface area contributed by atoms with Crippen molar-refractivity contribution >= 4 is 39.1 Å². The van der Waals surface area contributed by atoms with Crippen LogP contribution in [0.15, 0.2) is 40.9 Å². The summed E-state index contributed by atoms with van der Waals surface area (Å²) in [4.78, 5) is 25.7. The Hall–Kier alpha value is -2.32. The first kappa shape index (κ1) is 21.0. The quantitative estimate of drug-likeness (QED) is 0.686. The van der Waals surface area contributed by atoms with Gasteiger partial charge in [-0.05, 0) is 49.9 Å². The summed E-state index contributed by atoms with van der Waals surface area (Å²) in [5.41, 5.74) is 1.85. The Bertz CT molecular complexity index is 846. The molecule has 0 heterocycles. The average molecular weight is 440 g/mol. The molecule has 0 aliphatic rings. The molecule has 27 heavy (non-hydrogen) atoms. The minimum atomic E-state index is -1.02. The van der Waals surface area contributed by atoms with E-state index < -0.39 is 11.6 Å². The van der Waals surface area contributed by atoms with E-state index in [4.69, 9.17) is 0 Å². The third-order valence-electron chi connectivity index (χ3n) is 3.80. The molecule has 0 unspecified atom stereocenters.